The van der Waals surface area contributed by atoms with Crippen LogP contribution in [0.4, 0.5) is 0 Å². The van der Waals surface area contributed by atoms with Crippen molar-refractivity contribution in [1.29, 1.82) is 0 Å². The fourth-order valence-electron chi connectivity index (χ4n) is 3.98. The summed E-state index contributed by atoms with van der Waals surface area (Å²) >= 11 is 5.48. The van der Waals surface area contributed by atoms with Gasteiger partial charge in [0.05, 0.1) is 44.0 Å². The Hall–Kier alpha value is -2.92. The lowest BCUT2D eigenvalue weighted by molar-refractivity contribution is -0.0000170. The highest BCUT2D eigenvalue weighted by atomic mass is 35.5. The molecule has 35 heavy (non-hydrogen) atoms. The minimum Gasteiger partial charge on any atom is -1.00 e. The van der Waals surface area contributed by atoms with Crippen molar-refractivity contribution in [3.05, 3.63) is 57.1 Å². The quantitative estimate of drug-likeness (QED) is 0.306. The molecule has 1 fully saturated rings. The number of carbonyl (C=O) groups is 1. The van der Waals surface area contributed by atoms with Gasteiger partial charge in [-0.25, -0.2) is 4.57 Å². The Morgan fingerprint density at radius 3 is 2.63 bits per heavy atom. The second-order valence-corrected chi connectivity index (χ2v) is 8.32. The predicted octanol–water partition coefficient (Wildman–Crippen LogP) is -0.478. The largest absolute Gasteiger partial charge is 1.00 e. The summed E-state index contributed by atoms with van der Waals surface area (Å²) < 4.78 is 17.6. The first-order valence-electron chi connectivity index (χ1n) is 11.1. The van der Waals surface area contributed by atoms with E-state index in [1.54, 1.807) is 43.5 Å². The lowest BCUT2D eigenvalue weighted by Gasteiger charge is -2.26. The molecule has 4 rings (SSSR count). The van der Waals surface area contributed by atoms with Crippen molar-refractivity contribution in [3.8, 4) is 17.2 Å². The number of H-pyrrole nitrogens is 1. The summed E-state index contributed by atoms with van der Waals surface area (Å²) in [7, 11) is 3.07. The van der Waals surface area contributed by atoms with Gasteiger partial charge in [0, 0.05) is 31.3 Å². The number of carbonyl (C=O) groups excluding carboxylic acids is 1. The maximum atomic E-state index is 13.3. The number of amides is 1. The molecule has 0 aliphatic carbocycles. The van der Waals surface area contributed by atoms with Crippen molar-refractivity contribution in [3.63, 3.8) is 0 Å². The van der Waals surface area contributed by atoms with Crippen molar-refractivity contribution in [2.45, 2.75) is 6.42 Å². The van der Waals surface area contributed by atoms with Crippen LogP contribution in [0.2, 0.25) is 0 Å². The molecule has 0 bridgehead atoms. The molecule has 1 saturated heterocycles. The van der Waals surface area contributed by atoms with Crippen LogP contribution in [0.15, 0.2) is 41.2 Å². The molecular formula is C24H28ClN4O5S-. The minimum atomic E-state index is -0.306. The second kappa shape index (κ2) is 12.2. The number of halogens is 1. The zero-order valence-corrected chi connectivity index (χ0v) is 21.2. The van der Waals surface area contributed by atoms with E-state index in [1.807, 2.05) is 0 Å². The number of hydrogen-bond acceptors (Lipinski definition) is 7. The predicted molar refractivity (Wildman–Crippen MR) is 132 cm³/mol. The number of rotatable bonds is 8. The fraction of sp³-hybridized carbons (Fsp3) is 0.375. The Bertz CT molecular complexity index is 1300. The first kappa shape index (κ1) is 26.7. The first-order valence-corrected chi connectivity index (χ1v) is 11.5. The Morgan fingerprint density at radius 1 is 1.14 bits per heavy atom. The molecule has 11 heteroatoms. The van der Waals surface area contributed by atoms with Gasteiger partial charge in [0.15, 0.2) is 4.77 Å². The Balaban J connectivity index is 0.00000342. The van der Waals surface area contributed by atoms with Crippen LogP contribution in [-0.2, 0) is 4.74 Å². The number of methoxy groups -OCH3 is 2. The topological polar surface area (TPSA) is 97.8 Å². The lowest BCUT2D eigenvalue weighted by atomic mass is 10.1. The SMILES string of the molecule is COc1ccc(-n2c(=S)[nH]c3cc(C(=O)NCCCN4CCOCC4)ccc3c2=O)c(OC)c1.[Cl-]. The van der Waals surface area contributed by atoms with Gasteiger partial charge < -0.3 is 36.9 Å². The summed E-state index contributed by atoms with van der Waals surface area (Å²) in [5.74, 6) is 0.863. The monoisotopic (exact) mass is 519 g/mol. The normalized spacial score (nSPS) is 13.8. The number of nitrogens with one attached hydrogen (secondary N) is 2. The van der Waals surface area contributed by atoms with Gasteiger partial charge in [-0.3, -0.25) is 14.5 Å². The van der Waals surface area contributed by atoms with Crippen LogP contribution in [0, 0.1) is 4.77 Å². The van der Waals surface area contributed by atoms with Crippen LogP contribution in [0.1, 0.15) is 16.8 Å². The molecule has 9 nitrogen and oxygen atoms in total. The van der Waals surface area contributed by atoms with Crippen LogP contribution in [-0.4, -0.2) is 74.0 Å². The smallest absolute Gasteiger partial charge is 0.266 e. The van der Waals surface area contributed by atoms with E-state index in [9.17, 15) is 9.59 Å². The summed E-state index contributed by atoms with van der Waals surface area (Å²) in [6.07, 6.45) is 0.857. The summed E-state index contributed by atoms with van der Waals surface area (Å²) in [6, 6.07) is 10.1. The van der Waals surface area contributed by atoms with Gasteiger partial charge in [0.1, 0.15) is 11.5 Å². The van der Waals surface area contributed by atoms with Crippen molar-refractivity contribution >= 4 is 29.0 Å². The standard InChI is InChI=1S/C24H28N4O5S.ClH/c1-31-17-5-7-20(21(15-17)32-2)28-23(30)18-6-4-16(14-19(18)26-24(28)34)22(29)25-8-3-9-27-10-12-33-13-11-27;/h4-7,14-15H,3,8-13H2,1-2H3,(H,25,29)(H,26,34);1H/p-1. The van der Waals surface area contributed by atoms with E-state index in [1.165, 1.54) is 11.7 Å². The highest BCUT2D eigenvalue weighted by Gasteiger charge is 2.15. The van der Waals surface area contributed by atoms with E-state index in [0.29, 0.717) is 40.2 Å². The maximum Gasteiger partial charge on any atom is 0.266 e. The second-order valence-electron chi connectivity index (χ2n) is 7.93. The number of benzene rings is 2. The van der Waals surface area contributed by atoms with Gasteiger partial charge in [-0.05, 0) is 55.5 Å². The third-order valence-corrected chi connectivity index (χ3v) is 6.11. The molecule has 2 heterocycles. The van der Waals surface area contributed by atoms with E-state index in [2.05, 4.69) is 15.2 Å². The average Bonchev–Trinajstić information content (AvgIpc) is 2.86. The lowest BCUT2D eigenvalue weighted by Crippen LogP contribution is -3.00. The van der Waals surface area contributed by atoms with Crippen LogP contribution in [0.5, 0.6) is 11.5 Å². The molecule has 0 saturated carbocycles. The van der Waals surface area contributed by atoms with E-state index >= 15 is 0 Å². The molecule has 2 N–H and O–H groups in total. The van der Waals surface area contributed by atoms with Crippen molar-refractivity contribution in [2.24, 2.45) is 0 Å². The van der Waals surface area contributed by atoms with Gasteiger partial charge in [0.25, 0.3) is 11.5 Å². The van der Waals surface area contributed by atoms with Gasteiger partial charge in [0.2, 0.25) is 0 Å². The summed E-state index contributed by atoms with van der Waals surface area (Å²) in [6.45, 7) is 4.87. The number of aromatic amines is 1. The van der Waals surface area contributed by atoms with Gasteiger partial charge in [-0.1, -0.05) is 0 Å². The molecule has 188 valence electrons. The van der Waals surface area contributed by atoms with Crippen LogP contribution < -0.4 is 32.8 Å². The number of morpholine rings is 1. The molecule has 2 aromatic carbocycles. The number of ether oxygens (including phenoxy) is 3. The maximum absolute atomic E-state index is 13.3. The molecule has 0 atom stereocenters. The van der Waals surface area contributed by atoms with Crippen molar-refractivity contribution in [1.82, 2.24) is 19.8 Å². The number of aromatic nitrogens is 2. The van der Waals surface area contributed by atoms with Gasteiger partial charge >= 0.3 is 0 Å². The number of nitrogens with zero attached hydrogens (tertiary/aromatic N) is 2. The molecule has 0 spiro atoms. The molecule has 1 aliphatic rings. The summed E-state index contributed by atoms with van der Waals surface area (Å²) in [4.78, 5) is 31.3. The molecular weight excluding hydrogens is 492 g/mol. The molecule has 3 aromatic rings. The Kier molecular flexibility index (Phi) is 9.27. The molecule has 1 aliphatic heterocycles. The summed E-state index contributed by atoms with van der Waals surface area (Å²) in [5, 5.41) is 3.36. The van der Waals surface area contributed by atoms with E-state index < -0.39 is 0 Å². The third kappa shape index (κ3) is 6.02. The number of fused-ring (bicyclic) bond motifs is 1. The van der Waals surface area contributed by atoms with Crippen LogP contribution >= 0.6 is 12.2 Å². The van der Waals surface area contributed by atoms with E-state index in [0.717, 1.165) is 39.3 Å². The minimum absolute atomic E-state index is 0. The zero-order valence-electron chi connectivity index (χ0n) is 19.6. The number of hydrogen-bond donors (Lipinski definition) is 2. The van der Waals surface area contributed by atoms with Crippen molar-refractivity contribution in [2.75, 3.05) is 53.6 Å². The average molecular weight is 520 g/mol. The van der Waals surface area contributed by atoms with E-state index in [4.69, 9.17) is 26.4 Å². The molecule has 1 aromatic heterocycles. The van der Waals surface area contributed by atoms with Crippen LogP contribution in [0.3, 0.4) is 0 Å². The first-order chi connectivity index (χ1) is 16.5. The Labute approximate surface area is 214 Å². The van der Waals surface area contributed by atoms with Crippen molar-refractivity contribution < 1.29 is 31.4 Å². The Morgan fingerprint density at radius 2 is 1.91 bits per heavy atom. The van der Waals surface area contributed by atoms with Gasteiger partial charge in [-0.15, -0.1) is 0 Å². The zero-order chi connectivity index (χ0) is 24.1. The molecule has 0 radical (unpaired) electrons. The molecule has 0 unspecified atom stereocenters. The van der Waals surface area contributed by atoms with Crippen LogP contribution in [0.25, 0.3) is 16.6 Å². The fourth-order valence-corrected chi connectivity index (χ4v) is 4.27. The third-order valence-electron chi connectivity index (χ3n) is 5.83. The van der Waals surface area contributed by atoms with E-state index in [-0.39, 0.29) is 28.6 Å². The van der Waals surface area contributed by atoms with Gasteiger partial charge in [-0.2, -0.15) is 0 Å². The molecule has 1 amide bonds. The summed E-state index contributed by atoms with van der Waals surface area (Å²) in [5.41, 5.74) is 1.15. The highest BCUT2D eigenvalue weighted by Crippen LogP contribution is 2.27. The highest BCUT2D eigenvalue weighted by molar-refractivity contribution is 7.71.